The first-order valence-electron chi connectivity index (χ1n) is 16.6. The van der Waals surface area contributed by atoms with Crippen LogP contribution in [-0.2, 0) is 23.8 Å². The molecule has 1 aromatic rings. The normalized spacial score (nSPS) is 12.4. The Morgan fingerprint density at radius 3 is 2.24 bits per heavy atom. The Balaban J connectivity index is 0. The predicted octanol–water partition coefficient (Wildman–Crippen LogP) is 0.162. The summed E-state index contributed by atoms with van der Waals surface area (Å²) in [5, 5.41) is 28.1. The fourth-order valence-electron chi connectivity index (χ4n) is 4.01. The maximum Gasteiger partial charge on any atom is 0.253 e. The van der Waals surface area contributed by atoms with Crippen molar-refractivity contribution in [1.82, 2.24) is 26.3 Å². The van der Waals surface area contributed by atoms with Crippen LogP contribution >= 0.6 is 0 Å². The van der Waals surface area contributed by atoms with E-state index in [1.165, 1.54) is 5.01 Å². The fraction of sp³-hybridized carbons (Fsp3) is 0.606. The van der Waals surface area contributed by atoms with Crippen molar-refractivity contribution in [2.45, 2.75) is 38.1 Å². The lowest BCUT2D eigenvalue weighted by molar-refractivity contribution is -0.176. The van der Waals surface area contributed by atoms with Crippen LogP contribution in [0.5, 0.6) is 0 Å². The molecule has 0 unspecified atom stereocenters. The van der Waals surface area contributed by atoms with E-state index in [1.807, 2.05) is 25.2 Å². The second kappa shape index (κ2) is 35.2. The first-order chi connectivity index (χ1) is 24.2. The molecule has 0 spiro atoms. The Morgan fingerprint density at radius 2 is 1.68 bits per heavy atom. The minimum Gasteiger partial charge on any atom is -0.399 e. The van der Waals surface area contributed by atoms with Gasteiger partial charge in [-0.1, -0.05) is 24.8 Å². The molecule has 1 aromatic carbocycles. The van der Waals surface area contributed by atoms with Crippen molar-refractivity contribution in [3.05, 3.63) is 47.8 Å². The maximum absolute atomic E-state index is 12.1. The van der Waals surface area contributed by atoms with Crippen LogP contribution in [0.4, 0.5) is 5.69 Å². The standard InChI is InChI=1S/C22H38N6O4.C6H11NO2.C5H12N2.H2O2/c1-4-18-6-5-7-20(21(18)22(29)26-3)27-9-12-30-14-15-31-13-10-28(24)16-19(23)17-32-11-8-25-2;1-7-6(9)4-2-3-5-8;6-5-1-3-7-4-2-5;1-2/h4-7,16,25,27H,1,8-15,17,23-24H2,2-3H3,(H,26,29);5H,2-4H2,1H3,(H,7,9);5,7H,1-4,6H2;1-2H/b19-16-;;;. The molecule has 0 aromatic heterocycles. The van der Waals surface area contributed by atoms with Gasteiger partial charge in [0.1, 0.15) is 6.29 Å². The van der Waals surface area contributed by atoms with Gasteiger partial charge in [0, 0.05) is 58.0 Å². The highest BCUT2D eigenvalue weighted by Gasteiger charge is 2.13. The molecule has 2 rings (SSSR count). The van der Waals surface area contributed by atoms with Crippen molar-refractivity contribution in [1.29, 1.82) is 0 Å². The molecule has 0 aliphatic carbocycles. The van der Waals surface area contributed by atoms with Crippen LogP contribution in [0.1, 0.15) is 48.0 Å². The quantitative estimate of drug-likeness (QED) is 0.0252. The first kappa shape index (κ1) is 48.5. The number of unbranched alkanes of at least 4 members (excludes halogenated alkanes) is 1. The van der Waals surface area contributed by atoms with Gasteiger partial charge in [0.25, 0.3) is 5.91 Å². The van der Waals surface area contributed by atoms with Gasteiger partial charge in [-0.3, -0.25) is 20.1 Å². The number of carbonyl (C=O) groups excluding carboxylic acids is 3. The van der Waals surface area contributed by atoms with Gasteiger partial charge in [0.2, 0.25) is 5.91 Å². The summed E-state index contributed by atoms with van der Waals surface area (Å²) in [4.78, 5) is 32.4. The summed E-state index contributed by atoms with van der Waals surface area (Å²) in [6.07, 6.45) is 8.02. The number of hydrogen-bond donors (Lipinski definition) is 10. The Bertz CT molecular complexity index is 1040. The number of nitrogens with one attached hydrogen (secondary N) is 5. The smallest absolute Gasteiger partial charge is 0.253 e. The zero-order valence-electron chi connectivity index (χ0n) is 30.1. The van der Waals surface area contributed by atoms with E-state index in [9.17, 15) is 14.4 Å². The molecule has 1 saturated heterocycles. The molecule has 1 fully saturated rings. The number of nitrogens with two attached hydrogens (primary N) is 3. The molecule has 0 atom stereocenters. The Kier molecular flexibility index (Phi) is 34.1. The van der Waals surface area contributed by atoms with Gasteiger partial charge in [-0.05, 0) is 51.0 Å². The minimum atomic E-state index is -0.163. The zero-order chi connectivity index (χ0) is 37.8. The Morgan fingerprint density at radius 1 is 1.02 bits per heavy atom. The number of aldehydes is 1. The van der Waals surface area contributed by atoms with Crippen molar-refractivity contribution in [2.24, 2.45) is 17.3 Å². The lowest BCUT2D eigenvalue weighted by Gasteiger charge is -2.17. The van der Waals surface area contributed by atoms with E-state index in [4.69, 9.17) is 42.0 Å². The van der Waals surface area contributed by atoms with Crippen LogP contribution in [0.15, 0.2) is 36.7 Å². The molecule has 50 heavy (non-hydrogen) atoms. The van der Waals surface area contributed by atoms with Gasteiger partial charge < -0.3 is 62.1 Å². The number of amides is 2. The topological polar surface area (TPSA) is 261 Å². The highest BCUT2D eigenvalue weighted by molar-refractivity contribution is 6.02. The lowest BCUT2D eigenvalue weighted by Crippen LogP contribution is -2.35. The number of piperidine rings is 1. The molecule has 0 saturated carbocycles. The lowest BCUT2D eigenvalue weighted by atomic mass is 10.0. The Hall–Kier alpha value is -3.65. The SMILES string of the molecule is C=Cc1cccc(NCCOCCOCCN(N)/C=C(\N)COCCNC)c1C(=O)NC.CNC(=O)CCCC=O.NC1CCNCC1.OO. The van der Waals surface area contributed by atoms with E-state index in [1.54, 1.807) is 26.4 Å². The first-order valence-corrected chi connectivity index (χ1v) is 16.6. The summed E-state index contributed by atoms with van der Waals surface area (Å²) in [6, 6.07) is 6.06. The minimum absolute atomic E-state index is 0.00292. The van der Waals surface area contributed by atoms with Crippen LogP contribution in [0.25, 0.3) is 6.08 Å². The number of rotatable bonds is 22. The molecule has 0 radical (unpaired) electrons. The number of hydrogen-bond acceptors (Lipinski definition) is 15. The molecular formula is C33H63N9O8. The summed E-state index contributed by atoms with van der Waals surface area (Å²) >= 11 is 0. The third-order valence-corrected chi connectivity index (χ3v) is 6.68. The highest BCUT2D eigenvalue weighted by atomic mass is 17.0. The molecular weight excluding hydrogens is 650 g/mol. The number of benzene rings is 1. The number of ether oxygens (including phenoxy) is 3. The van der Waals surface area contributed by atoms with Crippen LogP contribution in [0.3, 0.4) is 0 Å². The molecule has 1 aliphatic heterocycles. The zero-order valence-corrected chi connectivity index (χ0v) is 30.1. The average molecular weight is 714 g/mol. The molecule has 288 valence electrons. The van der Waals surface area contributed by atoms with E-state index in [-0.39, 0.29) is 11.8 Å². The van der Waals surface area contributed by atoms with Crippen LogP contribution in [0, 0.1) is 0 Å². The van der Waals surface area contributed by atoms with Gasteiger partial charge >= 0.3 is 0 Å². The largest absolute Gasteiger partial charge is 0.399 e. The second-order valence-corrected chi connectivity index (χ2v) is 10.6. The van der Waals surface area contributed by atoms with E-state index in [0.29, 0.717) is 89.3 Å². The van der Waals surface area contributed by atoms with E-state index < -0.39 is 0 Å². The Labute approximate surface area is 297 Å². The highest BCUT2D eigenvalue weighted by Crippen LogP contribution is 2.21. The molecule has 17 heteroatoms. The number of nitrogens with zero attached hydrogens (tertiary/aromatic N) is 1. The van der Waals surface area contributed by atoms with E-state index in [0.717, 1.165) is 50.0 Å². The van der Waals surface area contributed by atoms with Crippen LogP contribution in [0.2, 0.25) is 0 Å². The summed E-state index contributed by atoms with van der Waals surface area (Å²) < 4.78 is 16.5. The van der Waals surface area contributed by atoms with Crippen LogP contribution < -0.4 is 43.9 Å². The summed E-state index contributed by atoms with van der Waals surface area (Å²) in [7, 11) is 5.05. The summed E-state index contributed by atoms with van der Waals surface area (Å²) in [5.41, 5.74) is 14.1. The summed E-state index contributed by atoms with van der Waals surface area (Å²) in [6.45, 7) is 10.6. The van der Waals surface area contributed by atoms with E-state index in [2.05, 4.69) is 33.2 Å². The molecule has 17 nitrogen and oxygen atoms in total. The van der Waals surface area contributed by atoms with Gasteiger partial charge in [-0.15, -0.1) is 0 Å². The second-order valence-electron chi connectivity index (χ2n) is 10.6. The van der Waals surface area contributed by atoms with Gasteiger partial charge in [-0.25, -0.2) is 5.84 Å². The molecule has 1 aliphatic rings. The van der Waals surface area contributed by atoms with Crippen molar-refractivity contribution in [3.63, 3.8) is 0 Å². The van der Waals surface area contributed by atoms with Gasteiger partial charge in [0.15, 0.2) is 0 Å². The van der Waals surface area contributed by atoms with Gasteiger partial charge in [0.05, 0.1) is 57.4 Å². The molecule has 2 amide bonds. The maximum atomic E-state index is 12.1. The average Bonchev–Trinajstić information content (AvgIpc) is 3.13. The third-order valence-electron chi connectivity index (χ3n) is 6.68. The number of hydrazine groups is 1. The van der Waals surface area contributed by atoms with Crippen molar-refractivity contribution < 1.29 is 39.1 Å². The molecule has 1 heterocycles. The third kappa shape index (κ3) is 27.2. The molecule has 0 bridgehead atoms. The van der Waals surface area contributed by atoms with Crippen molar-refractivity contribution >= 4 is 29.9 Å². The predicted molar refractivity (Wildman–Crippen MR) is 197 cm³/mol. The fourth-order valence-corrected chi connectivity index (χ4v) is 4.01. The van der Waals surface area contributed by atoms with Crippen molar-refractivity contribution in [3.8, 4) is 0 Å². The monoisotopic (exact) mass is 713 g/mol. The summed E-state index contributed by atoms with van der Waals surface area (Å²) in [5.74, 6) is 5.69. The van der Waals surface area contributed by atoms with Crippen LogP contribution in [-0.4, -0.2) is 133 Å². The number of likely N-dealkylation sites (N-methyl/N-ethyl adjacent to an activating group) is 1. The van der Waals surface area contributed by atoms with Crippen molar-refractivity contribution in [2.75, 3.05) is 98.8 Å². The van der Waals surface area contributed by atoms with Gasteiger partial charge in [-0.2, -0.15) is 0 Å². The van der Waals surface area contributed by atoms with E-state index >= 15 is 0 Å². The number of anilines is 1. The number of carbonyl (C=O) groups is 3. The molecule has 13 N–H and O–H groups in total.